The number of hydrogen-bond acceptors (Lipinski definition) is 7. The fraction of sp³-hybridized carbons (Fsp3) is 0.316. The second-order valence-electron chi connectivity index (χ2n) is 13.0. The number of nitrogens with one attached hydrogen (secondary N) is 1. The SMILES string of the molecule is Cc1c(C)c(S(=O)(=O)NC(N)=NCCC[C@@H](N)C(=O)OC(c2ccccc2)(c2ccccc2)c2ccccc2Cl)c(C)c2c1CC(C)(C)O2. The van der Waals surface area contributed by atoms with Gasteiger partial charge < -0.3 is 20.9 Å². The molecule has 5 rings (SSSR count). The summed E-state index contributed by atoms with van der Waals surface area (Å²) in [6, 6.07) is 25.0. The van der Waals surface area contributed by atoms with E-state index >= 15 is 0 Å². The van der Waals surface area contributed by atoms with Crippen molar-refractivity contribution < 1.29 is 22.7 Å². The van der Waals surface area contributed by atoms with Gasteiger partial charge in [0.15, 0.2) is 5.60 Å². The highest BCUT2D eigenvalue weighted by atomic mass is 35.5. The molecule has 0 spiro atoms. The average Bonchev–Trinajstić information content (AvgIpc) is 3.41. The summed E-state index contributed by atoms with van der Waals surface area (Å²) in [6.45, 7) is 9.51. The van der Waals surface area contributed by atoms with E-state index < -0.39 is 33.2 Å². The third-order valence-electron chi connectivity index (χ3n) is 8.93. The molecule has 5 N–H and O–H groups in total. The van der Waals surface area contributed by atoms with Crippen molar-refractivity contribution in [2.24, 2.45) is 16.5 Å². The molecule has 1 aliphatic rings. The Hall–Kier alpha value is -4.38. The Balaban J connectivity index is 1.30. The molecule has 0 radical (unpaired) electrons. The van der Waals surface area contributed by atoms with E-state index in [4.69, 9.17) is 32.5 Å². The van der Waals surface area contributed by atoms with Gasteiger partial charge in [0.05, 0.1) is 4.90 Å². The Kier molecular flexibility index (Phi) is 10.4. The van der Waals surface area contributed by atoms with Gasteiger partial charge in [-0.25, -0.2) is 13.1 Å². The molecule has 0 aliphatic carbocycles. The van der Waals surface area contributed by atoms with Crippen LogP contribution in [0.2, 0.25) is 5.02 Å². The monoisotopic (exact) mass is 702 g/mol. The van der Waals surface area contributed by atoms with Crippen LogP contribution >= 0.6 is 11.6 Å². The maximum absolute atomic E-state index is 13.7. The molecule has 1 heterocycles. The zero-order chi connectivity index (χ0) is 35.6. The van der Waals surface area contributed by atoms with Crippen LogP contribution in [-0.4, -0.2) is 38.5 Å². The van der Waals surface area contributed by atoms with Gasteiger partial charge in [-0.2, -0.15) is 0 Å². The number of rotatable bonds is 11. The Morgan fingerprint density at radius 3 is 2.12 bits per heavy atom. The number of carbonyl (C=O) groups is 1. The predicted octanol–water partition coefficient (Wildman–Crippen LogP) is 6.21. The van der Waals surface area contributed by atoms with Crippen LogP contribution in [0.4, 0.5) is 0 Å². The fourth-order valence-corrected chi connectivity index (χ4v) is 8.25. The van der Waals surface area contributed by atoms with Gasteiger partial charge in [-0.05, 0) is 64.7 Å². The van der Waals surface area contributed by atoms with Gasteiger partial charge in [-0.3, -0.25) is 9.79 Å². The van der Waals surface area contributed by atoms with Crippen molar-refractivity contribution in [2.45, 2.75) is 76.0 Å². The molecule has 11 heteroatoms. The predicted molar refractivity (Wildman–Crippen MR) is 193 cm³/mol. The number of sulfonamides is 1. The molecule has 0 unspecified atom stereocenters. The second-order valence-corrected chi connectivity index (χ2v) is 15.0. The summed E-state index contributed by atoms with van der Waals surface area (Å²) in [7, 11) is -4.07. The Labute approximate surface area is 293 Å². The summed E-state index contributed by atoms with van der Waals surface area (Å²) in [4.78, 5) is 18.1. The molecule has 0 aromatic heterocycles. The summed E-state index contributed by atoms with van der Waals surface area (Å²) in [5.41, 5.74) is 15.7. The van der Waals surface area contributed by atoms with E-state index in [0.29, 0.717) is 51.4 Å². The van der Waals surface area contributed by atoms with Gasteiger partial charge in [-0.15, -0.1) is 0 Å². The molecular formula is C38H43ClN4O5S. The first-order chi connectivity index (χ1) is 23.2. The van der Waals surface area contributed by atoms with Crippen LogP contribution < -0.4 is 20.9 Å². The Bertz CT molecular complexity index is 1940. The molecular weight excluding hydrogens is 660 g/mol. The second kappa shape index (κ2) is 14.2. The smallest absolute Gasteiger partial charge is 0.324 e. The number of benzene rings is 4. The lowest BCUT2D eigenvalue weighted by Crippen LogP contribution is -2.42. The van der Waals surface area contributed by atoms with Crippen LogP contribution in [0, 0.1) is 20.8 Å². The molecule has 49 heavy (non-hydrogen) atoms. The van der Waals surface area contributed by atoms with E-state index in [2.05, 4.69) is 9.71 Å². The molecule has 0 saturated heterocycles. The number of guanidine groups is 1. The molecule has 258 valence electrons. The topological polar surface area (TPSA) is 146 Å². The zero-order valence-corrected chi connectivity index (χ0v) is 30.0. The Morgan fingerprint density at radius 1 is 0.959 bits per heavy atom. The quantitative estimate of drug-likeness (QED) is 0.0554. The molecule has 1 atom stereocenters. The number of fused-ring (bicyclic) bond motifs is 1. The summed E-state index contributed by atoms with van der Waals surface area (Å²) in [5, 5.41) is 0.431. The summed E-state index contributed by atoms with van der Waals surface area (Å²) in [5.74, 6) is -0.295. The van der Waals surface area contributed by atoms with Crippen molar-refractivity contribution >= 4 is 33.6 Å². The molecule has 0 bridgehead atoms. The van der Waals surface area contributed by atoms with E-state index in [9.17, 15) is 13.2 Å². The minimum absolute atomic E-state index is 0.126. The van der Waals surface area contributed by atoms with E-state index in [1.54, 1.807) is 19.9 Å². The maximum atomic E-state index is 13.7. The minimum atomic E-state index is -4.07. The summed E-state index contributed by atoms with van der Waals surface area (Å²) in [6.07, 6.45) is 1.25. The summed E-state index contributed by atoms with van der Waals surface area (Å²) >= 11 is 6.75. The standard InChI is InChI=1S/C38H43ClN4O5S/c1-24-25(2)34(26(3)33-29(24)23-37(4,5)47-33)49(45,46)43-36(41)42-22-14-21-32(40)35(44)48-38(27-15-8-6-9-16-27,28-17-10-7-11-18-28)30-19-12-13-20-31(30)39/h6-13,15-20,32H,14,21-23,40H2,1-5H3,(H3,41,42,43)/t32-/m1/s1. The van der Waals surface area contributed by atoms with E-state index in [1.165, 1.54) is 0 Å². The normalized spacial score (nSPS) is 14.9. The lowest BCUT2D eigenvalue weighted by Gasteiger charge is -2.36. The molecule has 9 nitrogen and oxygen atoms in total. The first kappa shape index (κ1) is 35.9. The van der Waals surface area contributed by atoms with Gasteiger partial charge in [-0.1, -0.05) is 90.5 Å². The number of esters is 1. The Morgan fingerprint density at radius 2 is 1.53 bits per heavy atom. The number of halogens is 1. The highest BCUT2D eigenvalue weighted by Gasteiger charge is 2.43. The van der Waals surface area contributed by atoms with E-state index in [1.807, 2.05) is 99.6 Å². The molecule has 0 fully saturated rings. The van der Waals surface area contributed by atoms with Crippen LogP contribution in [-0.2, 0) is 31.6 Å². The number of nitrogens with two attached hydrogens (primary N) is 2. The average molecular weight is 703 g/mol. The van der Waals surface area contributed by atoms with Crippen molar-refractivity contribution in [3.05, 3.63) is 129 Å². The fourth-order valence-electron chi connectivity index (χ4n) is 6.49. The minimum Gasteiger partial charge on any atom is -0.487 e. The van der Waals surface area contributed by atoms with E-state index in [0.717, 1.165) is 11.1 Å². The van der Waals surface area contributed by atoms with Crippen LogP contribution in [0.3, 0.4) is 0 Å². The zero-order valence-electron chi connectivity index (χ0n) is 28.4. The van der Waals surface area contributed by atoms with Gasteiger partial charge in [0.25, 0.3) is 10.0 Å². The first-order valence-corrected chi connectivity index (χ1v) is 18.0. The third kappa shape index (κ3) is 7.32. The van der Waals surface area contributed by atoms with Crippen LogP contribution in [0.5, 0.6) is 5.75 Å². The molecule has 1 aliphatic heterocycles. The number of ether oxygens (including phenoxy) is 2. The van der Waals surface area contributed by atoms with Crippen LogP contribution in [0.1, 0.15) is 65.6 Å². The molecule has 0 amide bonds. The molecule has 4 aromatic carbocycles. The molecule has 0 saturated carbocycles. The first-order valence-electron chi connectivity index (χ1n) is 16.2. The van der Waals surface area contributed by atoms with Crippen LogP contribution in [0.25, 0.3) is 0 Å². The van der Waals surface area contributed by atoms with Crippen molar-refractivity contribution in [1.29, 1.82) is 0 Å². The number of carbonyl (C=O) groups excluding carboxylic acids is 1. The van der Waals surface area contributed by atoms with Crippen molar-refractivity contribution in [1.82, 2.24) is 4.72 Å². The largest absolute Gasteiger partial charge is 0.487 e. The van der Waals surface area contributed by atoms with Crippen LogP contribution in [0.15, 0.2) is 94.8 Å². The number of hydrogen-bond donors (Lipinski definition) is 3. The lowest BCUT2D eigenvalue weighted by atomic mass is 9.80. The van der Waals surface area contributed by atoms with Crippen molar-refractivity contribution in [3.8, 4) is 5.75 Å². The van der Waals surface area contributed by atoms with Gasteiger partial charge in [0.2, 0.25) is 5.96 Å². The van der Waals surface area contributed by atoms with Gasteiger partial charge in [0.1, 0.15) is 17.4 Å². The number of nitrogens with zero attached hydrogens (tertiary/aromatic N) is 1. The van der Waals surface area contributed by atoms with Crippen molar-refractivity contribution in [2.75, 3.05) is 6.54 Å². The highest BCUT2D eigenvalue weighted by molar-refractivity contribution is 7.90. The maximum Gasteiger partial charge on any atom is 0.324 e. The molecule has 4 aromatic rings. The van der Waals surface area contributed by atoms with Gasteiger partial charge in [0, 0.05) is 45.8 Å². The summed E-state index contributed by atoms with van der Waals surface area (Å²) < 4.78 is 42.0. The van der Waals surface area contributed by atoms with Gasteiger partial charge >= 0.3 is 5.97 Å². The highest BCUT2D eigenvalue weighted by Crippen LogP contribution is 2.45. The van der Waals surface area contributed by atoms with Crippen molar-refractivity contribution in [3.63, 3.8) is 0 Å². The third-order valence-corrected chi connectivity index (χ3v) is 10.9. The lowest BCUT2D eigenvalue weighted by molar-refractivity contribution is -0.155. The van der Waals surface area contributed by atoms with E-state index in [-0.39, 0.29) is 23.8 Å². The number of aliphatic imine (C=N–C) groups is 1.